The van der Waals surface area contributed by atoms with E-state index < -0.39 is 9.84 Å². The van der Waals surface area contributed by atoms with Gasteiger partial charge in [-0.1, -0.05) is 41.4 Å². The van der Waals surface area contributed by atoms with Crippen molar-refractivity contribution in [1.29, 1.82) is 0 Å². The Bertz CT molecular complexity index is 1010. The van der Waals surface area contributed by atoms with Crippen LogP contribution < -0.4 is 0 Å². The first-order valence-electron chi connectivity index (χ1n) is 7.08. The third kappa shape index (κ3) is 3.34. The summed E-state index contributed by atoms with van der Waals surface area (Å²) in [5.41, 5.74) is 3.30. The van der Waals surface area contributed by atoms with Gasteiger partial charge in [0, 0.05) is 22.9 Å². The summed E-state index contributed by atoms with van der Waals surface area (Å²) in [5, 5.41) is 5.28. The number of halogens is 2. The smallest absolute Gasteiger partial charge is 0.175 e. The van der Waals surface area contributed by atoms with Gasteiger partial charge >= 0.3 is 0 Å². The third-order valence-electron chi connectivity index (χ3n) is 3.66. The SMILES string of the molecule is Cc1ccc(-n2nc(Cl)cc2-c2ccc(S(C)(=O)=O)cc2)cc1Cl. The summed E-state index contributed by atoms with van der Waals surface area (Å²) >= 11 is 12.3. The van der Waals surface area contributed by atoms with Gasteiger partial charge in [-0.3, -0.25) is 0 Å². The van der Waals surface area contributed by atoms with E-state index in [4.69, 9.17) is 23.2 Å². The van der Waals surface area contributed by atoms with Gasteiger partial charge in [0.1, 0.15) is 0 Å². The van der Waals surface area contributed by atoms with E-state index in [1.54, 1.807) is 35.0 Å². The van der Waals surface area contributed by atoms with E-state index in [2.05, 4.69) is 5.10 Å². The summed E-state index contributed by atoms with van der Waals surface area (Å²) in [6, 6.07) is 13.9. The molecule has 0 radical (unpaired) electrons. The second kappa shape index (κ2) is 6.24. The van der Waals surface area contributed by atoms with Crippen molar-refractivity contribution in [3.63, 3.8) is 0 Å². The molecule has 0 aliphatic rings. The van der Waals surface area contributed by atoms with E-state index in [1.807, 2.05) is 25.1 Å². The molecule has 3 rings (SSSR count). The summed E-state index contributed by atoms with van der Waals surface area (Å²) in [4.78, 5) is 0.266. The Labute approximate surface area is 150 Å². The van der Waals surface area contributed by atoms with Crippen LogP contribution in [0.25, 0.3) is 16.9 Å². The number of hydrogen-bond donors (Lipinski definition) is 0. The fraction of sp³-hybridized carbons (Fsp3) is 0.118. The number of benzene rings is 2. The number of aryl methyl sites for hydroxylation is 1. The van der Waals surface area contributed by atoms with Crippen molar-refractivity contribution in [2.75, 3.05) is 6.26 Å². The van der Waals surface area contributed by atoms with Gasteiger partial charge in [-0.25, -0.2) is 13.1 Å². The van der Waals surface area contributed by atoms with Crippen molar-refractivity contribution in [2.24, 2.45) is 0 Å². The van der Waals surface area contributed by atoms with Crippen LogP contribution in [0, 0.1) is 6.92 Å². The molecule has 124 valence electrons. The lowest BCUT2D eigenvalue weighted by Gasteiger charge is -2.09. The van der Waals surface area contributed by atoms with Crippen molar-refractivity contribution in [3.05, 3.63) is 64.3 Å². The predicted molar refractivity (Wildman–Crippen MR) is 96.9 cm³/mol. The highest BCUT2D eigenvalue weighted by atomic mass is 35.5. The second-order valence-corrected chi connectivity index (χ2v) is 8.30. The van der Waals surface area contributed by atoms with Gasteiger partial charge in [0.05, 0.1) is 16.3 Å². The third-order valence-corrected chi connectivity index (χ3v) is 5.38. The van der Waals surface area contributed by atoms with Crippen LogP contribution in [0.15, 0.2) is 53.4 Å². The lowest BCUT2D eigenvalue weighted by molar-refractivity contribution is 0.602. The zero-order chi connectivity index (χ0) is 17.5. The first-order chi connectivity index (χ1) is 11.3. The molecule has 1 aromatic heterocycles. The standard InChI is InChI=1S/C17H14Cl2N2O2S/c1-11-3-6-13(9-15(11)18)21-16(10-17(19)20-21)12-4-7-14(8-5-12)24(2,22)23/h3-10H,1-2H3. The van der Waals surface area contributed by atoms with Gasteiger partial charge in [-0.2, -0.15) is 5.10 Å². The largest absolute Gasteiger partial charge is 0.232 e. The Balaban J connectivity index is 2.11. The van der Waals surface area contributed by atoms with Gasteiger partial charge in [-0.15, -0.1) is 0 Å². The quantitative estimate of drug-likeness (QED) is 0.669. The van der Waals surface area contributed by atoms with Crippen LogP contribution in [-0.2, 0) is 9.84 Å². The first-order valence-corrected chi connectivity index (χ1v) is 9.73. The molecule has 2 aromatic carbocycles. The molecule has 0 aliphatic carbocycles. The Hall–Kier alpha value is -1.82. The molecule has 0 N–H and O–H groups in total. The highest BCUT2D eigenvalue weighted by Gasteiger charge is 2.13. The van der Waals surface area contributed by atoms with Gasteiger partial charge in [0.15, 0.2) is 15.0 Å². The molecule has 7 heteroatoms. The first kappa shape index (κ1) is 17.0. The molecule has 0 amide bonds. The number of rotatable bonds is 3. The van der Waals surface area contributed by atoms with Crippen molar-refractivity contribution >= 4 is 33.0 Å². The van der Waals surface area contributed by atoms with Crippen LogP contribution in [0.5, 0.6) is 0 Å². The van der Waals surface area contributed by atoms with Crippen molar-refractivity contribution in [1.82, 2.24) is 9.78 Å². The van der Waals surface area contributed by atoms with E-state index in [-0.39, 0.29) is 4.90 Å². The Morgan fingerprint density at radius 2 is 1.67 bits per heavy atom. The van der Waals surface area contributed by atoms with E-state index in [9.17, 15) is 8.42 Å². The van der Waals surface area contributed by atoms with E-state index >= 15 is 0 Å². The van der Waals surface area contributed by atoms with Crippen molar-refractivity contribution < 1.29 is 8.42 Å². The van der Waals surface area contributed by atoms with Gasteiger partial charge in [0.2, 0.25) is 0 Å². The topological polar surface area (TPSA) is 52.0 Å². The minimum atomic E-state index is -3.24. The Morgan fingerprint density at radius 3 is 2.25 bits per heavy atom. The molecule has 4 nitrogen and oxygen atoms in total. The maximum absolute atomic E-state index is 11.6. The molecule has 0 saturated heterocycles. The molecule has 0 saturated carbocycles. The number of hydrogen-bond acceptors (Lipinski definition) is 3. The summed E-state index contributed by atoms with van der Waals surface area (Å²) in [5.74, 6) is 0. The van der Waals surface area contributed by atoms with Crippen LogP contribution in [0.1, 0.15) is 5.56 Å². The highest BCUT2D eigenvalue weighted by Crippen LogP contribution is 2.28. The van der Waals surface area contributed by atoms with Crippen LogP contribution in [0.2, 0.25) is 10.2 Å². The molecule has 0 bridgehead atoms. The molecular weight excluding hydrogens is 367 g/mol. The summed E-state index contributed by atoms with van der Waals surface area (Å²) in [7, 11) is -3.24. The van der Waals surface area contributed by atoms with Crippen LogP contribution in [0.3, 0.4) is 0 Å². The van der Waals surface area contributed by atoms with E-state index in [1.165, 1.54) is 6.26 Å². The minimum absolute atomic E-state index is 0.266. The number of nitrogens with zero attached hydrogens (tertiary/aromatic N) is 2. The maximum Gasteiger partial charge on any atom is 0.175 e. The van der Waals surface area contributed by atoms with Crippen LogP contribution in [-0.4, -0.2) is 24.5 Å². The van der Waals surface area contributed by atoms with Crippen LogP contribution in [0.4, 0.5) is 0 Å². The summed E-state index contributed by atoms with van der Waals surface area (Å²) in [6.45, 7) is 1.92. The molecule has 0 fully saturated rings. The minimum Gasteiger partial charge on any atom is -0.232 e. The zero-order valence-corrected chi connectivity index (χ0v) is 15.3. The molecule has 24 heavy (non-hydrogen) atoms. The summed E-state index contributed by atoms with van der Waals surface area (Å²) in [6.07, 6.45) is 1.18. The maximum atomic E-state index is 11.6. The highest BCUT2D eigenvalue weighted by molar-refractivity contribution is 7.90. The molecule has 0 spiro atoms. The average molecular weight is 381 g/mol. The van der Waals surface area contributed by atoms with Gasteiger partial charge < -0.3 is 0 Å². The number of aromatic nitrogens is 2. The van der Waals surface area contributed by atoms with E-state index in [0.29, 0.717) is 10.2 Å². The lowest BCUT2D eigenvalue weighted by atomic mass is 10.1. The Morgan fingerprint density at radius 1 is 1.00 bits per heavy atom. The monoisotopic (exact) mass is 380 g/mol. The van der Waals surface area contributed by atoms with Crippen molar-refractivity contribution in [3.8, 4) is 16.9 Å². The normalized spacial score (nSPS) is 11.7. The fourth-order valence-electron chi connectivity index (χ4n) is 2.34. The zero-order valence-electron chi connectivity index (χ0n) is 13.0. The van der Waals surface area contributed by atoms with Crippen molar-refractivity contribution in [2.45, 2.75) is 11.8 Å². The molecule has 1 heterocycles. The molecular formula is C17H14Cl2N2O2S. The van der Waals surface area contributed by atoms with Gasteiger partial charge in [-0.05, 0) is 36.8 Å². The molecule has 0 aliphatic heterocycles. The van der Waals surface area contributed by atoms with Gasteiger partial charge in [0.25, 0.3) is 0 Å². The lowest BCUT2D eigenvalue weighted by Crippen LogP contribution is -2.00. The average Bonchev–Trinajstić information content (AvgIpc) is 2.91. The number of sulfone groups is 1. The summed E-state index contributed by atoms with van der Waals surface area (Å²) < 4.78 is 24.9. The predicted octanol–water partition coefficient (Wildman–Crippen LogP) is 4.56. The van der Waals surface area contributed by atoms with E-state index in [0.717, 1.165) is 22.5 Å². The molecule has 0 atom stereocenters. The van der Waals surface area contributed by atoms with Crippen LogP contribution >= 0.6 is 23.2 Å². The fourth-order valence-corrected chi connectivity index (χ4v) is 3.33. The Kier molecular flexibility index (Phi) is 4.42. The molecule has 0 unspecified atom stereocenters. The second-order valence-electron chi connectivity index (χ2n) is 5.49. The molecule has 3 aromatic rings.